The predicted octanol–water partition coefficient (Wildman–Crippen LogP) is 2.63. The lowest BCUT2D eigenvalue weighted by molar-refractivity contribution is 0.0944. The van der Waals surface area contributed by atoms with Gasteiger partial charge in [-0.3, -0.25) is 9.48 Å². The van der Waals surface area contributed by atoms with E-state index in [2.05, 4.69) is 43.3 Å². The Hall–Kier alpha value is -2.10. The Labute approximate surface area is 126 Å². The Morgan fingerprint density at radius 3 is 2.29 bits per heavy atom. The fourth-order valence-electron chi connectivity index (χ4n) is 2.82. The van der Waals surface area contributed by atoms with Crippen LogP contribution in [0.25, 0.3) is 0 Å². The van der Waals surface area contributed by atoms with E-state index in [0.29, 0.717) is 12.2 Å². The van der Waals surface area contributed by atoms with Gasteiger partial charge in [0.05, 0.1) is 5.69 Å². The third-order valence-corrected chi connectivity index (χ3v) is 3.74. The molecule has 0 aliphatic carbocycles. The lowest BCUT2D eigenvalue weighted by Gasteiger charge is -2.12. The fourth-order valence-corrected chi connectivity index (χ4v) is 2.82. The van der Waals surface area contributed by atoms with Crippen molar-refractivity contribution in [3.8, 4) is 0 Å². The first-order valence-corrected chi connectivity index (χ1v) is 7.24. The van der Waals surface area contributed by atoms with Gasteiger partial charge in [0.2, 0.25) is 0 Å². The summed E-state index contributed by atoms with van der Waals surface area (Å²) >= 11 is 0. The third-order valence-electron chi connectivity index (χ3n) is 3.74. The zero-order valence-electron chi connectivity index (χ0n) is 13.4. The lowest BCUT2D eigenvalue weighted by Crippen LogP contribution is -2.27. The smallest absolute Gasteiger partial charge is 0.269 e. The first-order chi connectivity index (χ1) is 9.88. The van der Waals surface area contributed by atoms with Gasteiger partial charge in [0.15, 0.2) is 0 Å². The number of aryl methyl sites for hydroxylation is 5. The third kappa shape index (κ3) is 3.51. The Morgan fingerprint density at radius 1 is 1.14 bits per heavy atom. The summed E-state index contributed by atoms with van der Waals surface area (Å²) in [5.74, 6) is -0.0690. The highest BCUT2D eigenvalue weighted by atomic mass is 16.2. The minimum absolute atomic E-state index is 0.0690. The average Bonchev–Trinajstić information content (AvgIpc) is 2.71. The molecule has 1 aromatic carbocycles. The number of nitrogens with zero attached hydrogens (tertiary/aromatic N) is 2. The summed E-state index contributed by atoms with van der Waals surface area (Å²) in [5.41, 5.74) is 6.64. The van der Waals surface area contributed by atoms with Crippen LogP contribution < -0.4 is 5.32 Å². The van der Waals surface area contributed by atoms with Crippen molar-refractivity contribution in [2.45, 2.75) is 34.1 Å². The molecule has 0 saturated carbocycles. The van der Waals surface area contributed by atoms with E-state index in [0.717, 1.165) is 12.1 Å². The van der Waals surface area contributed by atoms with Crippen molar-refractivity contribution in [1.29, 1.82) is 0 Å². The highest BCUT2D eigenvalue weighted by molar-refractivity contribution is 5.92. The molecule has 0 aliphatic heterocycles. The molecule has 21 heavy (non-hydrogen) atoms. The molecule has 2 aromatic rings. The zero-order valence-corrected chi connectivity index (χ0v) is 13.4. The quantitative estimate of drug-likeness (QED) is 0.938. The molecule has 4 nitrogen and oxygen atoms in total. The number of carbonyl (C=O) groups is 1. The van der Waals surface area contributed by atoms with Crippen LogP contribution in [-0.4, -0.2) is 22.2 Å². The zero-order chi connectivity index (χ0) is 15.6. The molecule has 1 aromatic heterocycles. The van der Waals surface area contributed by atoms with E-state index < -0.39 is 0 Å². The average molecular weight is 285 g/mol. The Morgan fingerprint density at radius 2 is 1.76 bits per heavy atom. The molecule has 0 spiro atoms. The molecule has 0 aliphatic rings. The van der Waals surface area contributed by atoms with Gasteiger partial charge in [0.1, 0.15) is 5.69 Å². The summed E-state index contributed by atoms with van der Waals surface area (Å²) in [4.78, 5) is 12.1. The van der Waals surface area contributed by atoms with E-state index in [1.54, 1.807) is 17.8 Å². The van der Waals surface area contributed by atoms with E-state index in [-0.39, 0.29) is 5.91 Å². The molecular formula is C17H23N3O. The van der Waals surface area contributed by atoms with Crippen LogP contribution in [0.15, 0.2) is 18.2 Å². The van der Waals surface area contributed by atoms with Crippen LogP contribution in [0.5, 0.6) is 0 Å². The van der Waals surface area contributed by atoms with Crippen LogP contribution in [0, 0.1) is 27.7 Å². The normalized spacial score (nSPS) is 10.7. The molecule has 0 atom stereocenters. The Kier molecular flexibility index (Phi) is 4.46. The number of rotatable bonds is 4. The summed E-state index contributed by atoms with van der Waals surface area (Å²) < 4.78 is 1.62. The summed E-state index contributed by atoms with van der Waals surface area (Å²) in [5, 5.41) is 7.16. The topological polar surface area (TPSA) is 46.9 Å². The SMILES string of the molecule is Cc1cc(C)c(CCNC(=O)c2cc(C)nn2C)c(C)c1. The van der Waals surface area contributed by atoms with Crippen molar-refractivity contribution < 1.29 is 4.79 Å². The van der Waals surface area contributed by atoms with Gasteiger partial charge in [-0.2, -0.15) is 5.10 Å². The van der Waals surface area contributed by atoms with Crippen LogP contribution in [0.4, 0.5) is 0 Å². The van der Waals surface area contributed by atoms with Gasteiger partial charge in [0.25, 0.3) is 5.91 Å². The van der Waals surface area contributed by atoms with Crippen molar-refractivity contribution in [1.82, 2.24) is 15.1 Å². The Bertz CT molecular complexity index is 648. The van der Waals surface area contributed by atoms with Gasteiger partial charge in [-0.1, -0.05) is 17.7 Å². The largest absolute Gasteiger partial charge is 0.350 e. The van der Waals surface area contributed by atoms with Crippen molar-refractivity contribution >= 4 is 5.91 Å². The molecule has 1 amide bonds. The Balaban J connectivity index is 1.99. The van der Waals surface area contributed by atoms with E-state index in [4.69, 9.17) is 0 Å². The molecule has 1 N–H and O–H groups in total. The van der Waals surface area contributed by atoms with E-state index in [1.807, 2.05) is 6.92 Å². The number of carbonyl (C=O) groups excluding carboxylic acids is 1. The van der Waals surface area contributed by atoms with Gasteiger partial charge in [-0.15, -0.1) is 0 Å². The van der Waals surface area contributed by atoms with Gasteiger partial charge in [-0.05, 0) is 56.9 Å². The minimum atomic E-state index is -0.0690. The molecule has 4 heteroatoms. The van der Waals surface area contributed by atoms with Crippen LogP contribution in [0.2, 0.25) is 0 Å². The number of nitrogens with one attached hydrogen (secondary N) is 1. The second-order valence-corrected chi connectivity index (χ2v) is 5.68. The molecule has 0 saturated heterocycles. The summed E-state index contributed by atoms with van der Waals surface area (Å²) in [6.07, 6.45) is 0.848. The molecule has 1 heterocycles. The lowest BCUT2D eigenvalue weighted by atomic mass is 9.97. The summed E-state index contributed by atoms with van der Waals surface area (Å²) in [6.45, 7) is 8.88. The second-order valence-electron chi connectivity index (χ2n) is 5.68. The summed E-state index contributed by atoms with van der Waals surface area (Å²) in [6, 6.07) is 6.18. The molecular weight excluding hydrogens is 262 g/mol. The fraction of sp³-hybridized carbons (Fsp3) is 0.412. The van der Waals surface area contributed by atoms with E-state index in [9.17, 15) is 4.79 Å². The maximum absolute atomic E-state index is 12.1. The number of hydrogen-bond donors (Lipinski definition) is 1. The maximum atomic E-state index is 12.1. The van der Waals surface area contributed by atoms with Crippen molar-refractivity contribution in [3.05, 3.63) is 51.8 Å². The van der Waals surface area contributed by atoms with Crippen molar-refractivity contribution in [2.75, 3.05) is 6.54 Å². The van der Waals surface area contributed by atoms with E-state index >= 15 is 0 Å². The predicted molar refractivity (Wildman–Crippen MR) is 84.6 cm³/mol. The van der Waals surface area contributed by atoms with Gasteiger partial charge in [-0.25, -0.2) is 0 Å². The van der Waals surface area contributed by atoms with Crippen molar-refractivity contribution in [3.63, 3.8) is 0 Å². The van der Waals surface area contributed by atoms with E-state index in [1.165, 1.54) is 22.3 Å². The van der Waals surface area contributed by atoms with Gasteiger partial charge < -0.3 is 5.32 Å². The first kappa shape index (κ1) is 15.3. The van der Waals surface area contributed by atoms with Gasteiger partial charge in [0, 0.05) is 13.6 Å². The monoisotopic (exact) mass is 285 g/mol. The molecule has 0 bridgehead atoms. The minimum Gasteiger partial charge on any atom is -0.350 e. The van der Waals surface area contributed by atoms with Crippen LogP contribution in [-0.2, 0) is 13.5 Å². The number of amides is 1. The molecule has 2 rings (SSSR count). The molecule has 0 fully saturated rings. The van der Waals surface area contributed by atoms with Crippen molar-refractivity contribution in [2.24, 2.45) is 7.05 Å². The maximum Gasteiger partial charge on any atom is 0.269 e. The molecule has 0 radical (unpaired) electrons. The summed E-state index contributed by atoms with van der Waals surface area (Å²) in [7, 11) is 1.79. The number of benzene rings is 1. The standard InChI is InChI=1S/C17H23N3O/c1-11-8-12(2)15(13(3)9-11)6-7-18-17(21)16-10-14(4)19-20(16)5/h8-10H,6-7H2,1-5H3,(H,18,21). The van der Waals surface area contributed by atoms with Gasteiger partial charge >= 0.3 is 0 Å². The second kappa shape index (κ2) is 6.12. The highest BCUT2D eigenvalue weighted by Gasteiger charge is 2.11. The van der Waals surface area contributed by atoms with Crippen LogP contribution >= 0.6 is 0 Å². The number of hydrogen-bond acceptors (Lipinski definition) is 2. The van der Waals surface area contributed by atoms with Crippen LogP contribution in [0.3, 0.4) is 0 Å². The highest BCUT2D eigenvalue weighted by Crippen LogP contribution is 2.16. The molecule has 0 unspecified atom stereocenters. The van der Waals surface area contributed by atoms with Crippen LogP contribution in [0.1, 0.15) is 38.4 Å². The first-order valence-electron chi connectivity index (χ1n) is 7.24. The molecule has 112 valence electrons. The number of aromatic nitrogens is 2.